The lowest BCUT2D eigenvalue weighted by molar-refractivity contribution is 1.38. The van der Waals surface area contributed by atoms with E-state index in [9.17, 15) is 4.79 Å². The summed E-state index contributed by atoms with van der Waals surface area (Å²) in [6.07, 6.45) is 0. The topological polar surface area (TPSA) is 30.0 Å². The standard InChI is InChI=1S/C10H5NOS2/c12-10-11-9-8(14-10)5-6-3-1-2-4-7(6)13-9/h1-5H. The minimum atomic E-state index is -0.105. The number of benzene rings is 1. The fourth-order valence-corrected chi connectivity index (χ4v) is 3.24. The molecule has 68 valence electrons. The fourth-order valence-electron chi connectivity index (χ4n) is 1.40. The average molecular weight is 219 g/mol. The molecule has 4 heteroatoms. The summed E-state index contributed by atoms with van der Waals surface area (Å²) in [7, 11) is 0. The molecule has 0 unspecified atom stereocenters. The Labute approximate surface area is 87.8 Å². The van der Waals surface area contributed by atoms with Crippen LogP contribution in [0, 0.1) is 0 Å². The van der Waals surface area contributed by atoms with Crippen LogP contribution >= 0.6 is 22.7 Å². The molecule has 0 fully saturated rings. The van der Waals surface area contributed by atoms with Crippen molar-refractivity contribution in [2.75, 3.05) is 0 Å². The van der Waals surface area contributed by atoms with Crippen LogP contribution in [-0.2, 0) is 0 Å². The highest BCUT2D eigenvalue weighted by Gasteiger charge is 2.09. The van der Waals surface area contributed by atoms with Gasteiger partial charge in [0.15, 0.2) is 0 Å². The molecule has 2 aliphatic rings. The van der Waals surface area contributed by atoms with Crippen LogP contribution < -0.4 is 4.87 Å². The van der Waals surface area contributed by atoms with E-state index in [2.05, 4.69) is 11.1 Å². The second kappa shape index (κ2) is 2.87. The lowest BCUT2D eigenvalue weighted by Gasteiger charge is -1.98. The maximum atomic E-state index is 11.1. The summed E-state index contributed by atoms with van der Waals surface area (Å²) < 4.78 is 1.17. The van der Waals surface area contributed by atoms with Crippen LogP contribution in [0.1, 0.15) is 0 Å². The van der Waals surface area contributed by atoms with Gasteiger partial charge in [0.1, 0.15) is 5.01 Å². The minimum absolute atomic E-state index is 0.105. The van der Waals surface area contributed by atoms with Gasteiger partial charge < -0.3 is 0 Å². The number of fused-ring (bicyclic) bond motifs is 2. The Morgan fingerprint density at radius 1 is 1.14 bits per heavy atom. The molecule has 14 heavy (non-hydrogen) atoms. The molecule has 0 N–H and O–H groups in total. The molecule has 2 aliphatic heterocycles. The van der Waals surface area contributed by atoms with Gasteiger partial charge in [-0.15, -0.1) is 11.3 Å². The Bertz CT molecular complexity index is 573. The van der Waals surface area contributed by atoms with Crippen LogP contribution in [0.5, 0.6) is 0 Å². The molecular weight excluding hydrogens is 214 g/mol. The number of hydrogen-bond donors (Lipinski definition) is 0. The lowest BCUT2D eigenvalue weighted by Crippen LogP contribution is -1.89. The van der Waals surface area contributed by atoms with Gasteiger partial charge in [0.05, 0.1) is 4.88 Å². The quantitative estimate of drug-likeness (QED) is 0.582. The van der Waals surface area contributed by atoms with Crippen LogP contribution in [0.25, 0.3) is 20.0 Å². The van der Waals surface area contributed by atoms with Gasteiger partial charge in [0.25, 0.3) is 0 Å². The summed E-state index contributed by atoms with van der Waals surface area (Å²) in [5.41, 5.74) is 0. The highest BCUT2D eigenvalue weighted by atomic mass is 32.1. The molecule has 0 aliphatic carbocycles. The zero-order chi connectivity index (χ0) is 9.54. The van der Waals surface area contributed by atoms with E-state index in [1.54, 1.807) is 11.3 Å². The average Bonchev–Trinajstić information content (AvgIpc) is 2.53. The van der Waals surface area contributed by atoms with Gasteiger partial charge in [-0.05, 0) is 17.5 Å². The van der Waals surface area contributed by atoms with Gasteiger partial charge in [0.2, 0.25) is 0 Å². The number of aromatic nitrogens is 1. The molecule has 3 rings (SSSR count). The van der Waals surface area contributed by atoms with Crippen LogP contribution in [0.3, 0.4) is 0 Å². The van der Waals surface area contributed by atoms with Crippen molar-refractivity contribution in [3.8, 4) is 9.88 Å². The van der Waals surface area contributed by atoms with Crippen molar-refractivity contribution in [1.29, 1.82) is 0 Å². The van der Waals surface area contributed by atoms with E-state index >= 15 is 0 Å². The van der Waals surface area contributed by atoms with E-state index in [4.69, 9.17) is 0 Å². The predicted octanol–water partition coefficient (Wildman–Crippen LogP) is 2.82. The van der Waals surface area contributed by atoms with Gasteiger partial charge >= 0.3 is 4.87 Å². The zero-order valence-electron chi connectivity index (χ0n) is 7.06. The summed E-state index contributed by atoms with van der Waals surface area (Å²) in [5, 5.41) is 2.02. The van der Waals surface area contributed by atoms with Crippen molar-refractivity contribution in [3.05, 3.63) is 40.0 Å². The van der Waals surface area contributed by atoms with E-state index in [0.29, 0.717) is 0 Å². The SMILES string of the molecule is O=c1nc2sc3ccccc3cc-2s1. The molecule has 2 nitrogen and oxygen atoms in total. The Kier molecular flexibility index (Phi) is 1.65. The van der Waals surface area contributed by atoms with Gasteiger partial charge in [0, 0.05) is 4.70 Å². The van der Waals surface area contributed by atoms with Crippen LogP contribution in [0.2, 0.25) is 0 Å². The Hall–Kier alpha value is -1.26. The molecule has 0 amide bonds. The smallest absolute Gasteiger partial charge is 0.255 e. The van der Waals surface area contributed by atoms with Crippen molar-refractivity contribution >= 4 is 32.8 Å². The Balaban J connectivity index is 2.53. The number of hydrogen-bond acceptors (Lipinski definition) is 4. The molecule has 1 aromatic carbocycles. The van der Waals surface area contributed by atoms with E-state index in [0.717, 1.165) is 9.88 Å². The molecular formula is C10H5NOS2. The van der Waals surface area contributed by atoms with Crippen molar-refractivity contribution in [2.24, 2.45) is 0 Å². The number of nitrogens with zero attached hydrogens (tertiary/aromatic N) is 1. The van der Waals surface area contributed by atoms with Crippen molar-refractivity contribution in [3.63, 3.8) is 0 Å². The number of rotatable bonds is 0. The summed E-state index contributed by atoms with van der Waals surface area (Å²) in [6.45, 7) is 0. The normalized spacial score (nSPS) is 11.1. The third kappa shape index (κ3) is 1.15. The maximum absolute atomic E-state index is 11.1. The first kappa shape index (κ1) is 8.08. The predicted molar refractivity (Wildman–Crippen MR) is 60.4 cm³/mol. The van der Waals surface area contributed by atoms with E-state index in [-0.39, 0.29) is 4.87 Å². The Morgan fingerprint density at radius 2 is 2.00 bits per heavy atom. The van der Waals surface area contributed by atoms with Gasteiger partial charge in [-0.1, -0.05) is 29.5 Å². The van der Waals surface area contributed by atoms with Gasteiger partial charge in [-0.2, -0.15) is 4.98 Å². The second-order valence-electron chi connectivity index (χ2n) is 2.93. The molecule has 0 bridgehead atoms. The van der Waals surface area contributed by atoms with Crippen LogP contribution in [0.15, 0.2) is 35.1 Å². The first-order valence-corrected chi connectivity index (χ1v) is 5.76. The monoisotopic (exact) mass is 219 g/mol. The first-order chi connectivity index (χ1) is 6.83. The molecule has 0 aromatic heterocycles. The maximum Gasteiger partial charge on any atom is 0.328 e. The van der Waals surface area contributed by atoms with Crippen LogP contribution in [0.4, 0.5) is 0 Å². The molecule has 0 spiro atoms. The summed E-state index contributed by atoms with van der Waals surface area (Å²) in [6, 6.07) is 10.1. The van der Waals surface area contributed by atoms with Gasteiger partial charge in [-0.3, -0.25) is 4.79 Å². The Morgan fingerprint density at radius 3 is 2.93 bits per heavy atom. The van der Waals surface area contributed by atoms with Crippen LogP contribution in [-0.4, -0.2) is 4.98 Å². The fraction of sp³-hybridized carbons (Fsp3) is 0. The van der Waals surface area contributed by atoms with Crippen molar-refractivity contribution < 1.29 is 0 Å². The number of thiazole rings is 1. The molecule has 0 radical (unpaired) electrons. The highest BCUT2D eigenvalue weighted by molar-refractivity contribution is 7.25. The second-order valence-corrected chi connectivity index (χ2v) is 4.96. The summed E-state index contributed by atoms with van der Waals surface area (Å²) in [4.78, 5) is 15.9. The molecule has 0 saturated carbocycles. The molecule has 0 atom stereocenters. The van der Waals surface area contributed by atoms with Crippen molar-refractivity contribution in [1.82, 2.24) is 4.98 Å². The summed E-state index contributed by atoms with van der Waals surface area (Å²) >= 11 is 2.78. The van der Waals surface area contributed by atoms with Gasteiger partial charge in [-0.25, -0.2) is 0 Å². The molecule has 0 saturated heterocycles. The lowest BCUT2D eigenvalue weighted by atomic mass is 10.2. The third-order valence-electron chi connectivity index (χ3n) is 2.01. The van der Waals surface area contributed by atoms with E-state index < -0.39 is 0 Å². The van der Waals surface area contributed by atoms with Crippen molar-refractivity contribution in [2.45, 2.75) is 0 Å². The highest BCUT2D eigenvalue weighted by Crippen LogP contribution is 2.32. The molecule has 2 heterocycles. The molecule has 1 aromatic rings. The zero-order valence-corrected chi connectivity index (χ0v) is 8.69. The van der Waals surface area contributed by atoms with E-state index in [1.165, 1.54) is 21.4 Å². The third-order valence-corrected chi connectivity index (χ3v) is 4.04. The first-order valence-electron chi connectivity index (χ1n) is 4.12. The largest absolute Gasteiger partial charge is 0.328 e. The minimum Gasteiger partial charge on any atom is -0.255 e. The summed E-state index contributed by atoms with van der Waals surface area (Å²) in [5.74, 6) is 0. The van der Waals surface area contributed by atoms with E-state index in [1.807, 2.05) is 24.3 Å².